The van der Waals surface area contributed by atoms with Crippen molar-refractivity contribution in [2.24, 2.45) is 5.92 Å². The molecule has 7 nitrogen and oxygen atoms in total. The molecule has 3 aromatic carbocycles. The molecule has 2 atom stereocenters. The van der Waals surface area contributed by atoms with Crippen molar-refractivity contribution in [1.29, 1.82) is 0 Å². The van der Waals surface area contributed by atoms with E-state index in [0.717, 1.165) is 40.7 Å². The number of halogens is 6. The van der Waals surface area contributed by atoms with Gasteiger partial charge in [0.2, 0.25) is 0 Å². The molecule has 1 aliphatic rings. The van der Waals surface area contributed by atoms with Gasteiger partial charge in [0, 0.05) is 6.07 Å². The van der Waals surface area contributed by atoms with Crippen LogP contribution in [0.25, 0.3) is 11.1 Å². The van der Waals surface area contributed by atoms with Crippen molar-refractivity contribution in [3.8, 4) is 22.6 Å². The molecule has 1 aliphatic heterocycles. The molecule has 1 heterocycles. The number of anilines is 1. The summed E-state index contributed by atoms with van der Waals surface area (Å²) in [5.41, 5.74) is -1.12. The van der Waals surface area contributed by atoms with Crippen molar-refractivity contribution < 1.29 is 54.1 Å². The van der Waals surface area contributed by atoms with Crippen LogP contribution in [0.2, 0.25) is 0 Å². The molecule has 220 valence electrons. The van der Waals surface area contributed by atoms with Crippen LogP contribution in [0, 0.1) is 11.7 Å². The van der Waals surface area contributed by atoms with E-state index in [-0.39, 0.29) is 35.4 Å². The molecule has 0 unspecified atom stereocenters. The number of rotatable bonds is 9. The van der Waals surface area contributed by atoms with Crippen molar-refractivity contribution in [1.82, 2.24) is 0 Å². The summed E-state index contributed by atoms with van der Waals surface area (Å²) in [7, 11) is -4.68. The van der Waals surface area contributed by atoms with Crippen molar-refractivity contribution in [2.45, 2.75) is 43.6 Å². The van der Waals surface area contributed by atoms with Crippen LogP contribution in [0.1, 0.15) is 25.3 Å². The van der Waals surface area contributed by atoms with Crippen LogP contribution in [-0.2, 0) is 21.0 Å². The fourth-order valence-electron chi connectivity index (χ4n) is 4.46. The standard InChI is InChI=1S/C27H23F6NO6S/c1-2-15(25(35)36)9-21-14-34(41(37,38)22-5-3-4-18(12-22)27(31,32)33)23-11-16(6-7-24(23)39-21)17-8-19(28)13-20(10-17)40-26(29)30/h3-8,10-13,15,21,26H,2,9,14H2,1H3,(H,35,36)/t15-,21+/m1/s1. The molecule has 0 aliphatic carbocycles. The van der Waals surface area contributed by atoms with E-state index in [4.69, 9.17) is 4.74 Å². The summed E-state index contributed by atoms with van der Waals surface area (Å²) in [5, 5.41) is 9.49. The molecule has 0 aromatic heterocycles. The maximum atomic E-state index is 14.2. The monoisotopic (exact) mass is 603 g/mol. The van der Waals surface area contributed by atoms with Crippen LogP contribution in [0.15, 0.2) is 65.6 Å². The fraction of sp³-hybridized carbons (Fsp3) is 0.296. The zero-order chi connectivity index (χ0) is 30.1. The summed E-state index contributed by atoms with van der Waals surface area (Å²) in [6.07, 6.45) is -5.69. The number of carboxylic acids is 1. The van der Waals surface area contributed by atoms with E-state index in [1.165, 1.54) is 18.2 Å². The van der Waals surface area contributed by atoms with Gasteiger partial charge in [0.05, 0.1) is 28.6 Å². The van der Waals surface area contributed by atoms with Gasteiger partial charge in [-0.15, -0.1) is 0 Å². The Bertz CT molecular complexity index is 1550. The van der Waals surface area contributed by atoms with Gasteiger partial charge in [0.15, 0.2) is 0 Å². The molecule has 41 heavy (non-hydrogen) atoms. The zero-order valence-corrected chi connectivity index (χ0v) is 22.1. The van der Waals surface area contributed by atoms with Gasteiger partial charge >= 0.3 is 18.8 Å². The number of nitrogens with zero attached hydrogens (tertiary/aromatic N) is 1. The zero-order valence-electron chi connectivity index (χ0n) is 21.2. The second kappa shape index (κ2) is 11.5. The van der Waals surface area contributed by atoms with Gasteiger partial charge in [-0.3, -0.25) is 9.10 Å². The third kappa shape index (κ3) is 6.69. The van der Waals surface area contributed by atoms with E-state index in [0.29, 0.717) is 6.07 Å². The number of aliphatic carboxylic acids is 1. The van der Waals surface area contributed by atoms with Crippen LogP contribution < -0.4 is 13.8 Å². The third-order valence-corrected chi connectivity index (χ3v) is 8.24. The Morgan fingerprint density at radius 3 is 2.46 bits per heavy atom. The number of benzene rings is 3. The molecule has 0 saturated carbocycles. The Morgan fingerprint density at radius 1 is 1.10 bits per heavy atom. The van der Waals surface area contributed by atoms with E-state index in [1.807, 2.05) is 0 Å². The van der Waals surface area contributed by atoms with Gasteiger partial charge in [-0.1, -0.05) is 19.1 Å². The SMILES string of the molecule is CC[C@H](C[C@H]1CN(S(=O)(=O)c2cccc(C(F)(F)F)c2)c2cc(-c3cc(F)cc(OC(F)F)c3)ccc2O1)C(=O)O. The Balaban J connectivity index is 1.83. The Morgan fingerprint density at radius 2 is 1.83 bits per heavy atom. The number of fused-ring (bicyclic) bond motifs is 1. The third-order valence-electron chi connectivity index (χ3n) is 6.46. The molecule has 0 fully saturated rings. The highest BCUT2D eigenvalue weighted by Gasteiger charge is 2.38. The normalized spacial score (nSPS) is 16.2. The van der Waals surface area contributed by atoms with Crippen molar-refractivity contribution in [3.63, 3.8) is 0 Å². The summed E-state index contributed by atoms with van der Waals surface area (Å²) < 4.78 is 118. The molecular weight excluding hydrogens is 580 g/mol. The Kier molecular flexibility index (Phi) is 8.43. The molecular formula is C27H23F6NO6S. The lowest BCUT2D eigenvalue weighted by molar-refractivity contribution is -0.142. The molecule has 1 N–H and O–H groups in total. The lowest BCUT2D eigenvalue weighted by atomic mass is 9.97. The summed E-state index contributed by atoms with van der Waals surface area (Å²) in [5.74, 6) is -3.45. The van der Waals surface area contributed by atoms with Crippen molar-refractivity contribution in [3.05, 3.63) is 72.0 Å². The minimum Gasteiger partial charge on any atom is -0.486 e. The molecule has 0 spiro atoms. The minimum absolute atomic E-state index is 0.0266. The van der Waals surface area contributed by atoms with E-state index in [9.17, 15) is 44.7 Å². The molecule has 3 aromatic rings. The quantitative estimate of drug-likeness (QED) is 0.278. The molecule has 0 bridgehead atoms. The van der Waals surface area contributed by atoms with Gasteiger partial charge in [-0.25, -0.2) is 12.8 Å². The van der Waals surface area contributed by atoms with Crippen molar-refractivity contribution in [2.75, 3.05) is 10.8 Å². The minimum atomic E-state index is -4.82. The summed E-state index contributed by atoms with van der Waals surface area (Å²) in [6.45, 7) is -2.05. The number of hydrogen-bond acceptors (Lipinski definition) is 5. The van der Waals surface area contributed by atoms with E-state index in [2.05, 4.69) is 4.74 Å². The number of carboxylic acid groups (broad SMARTS) is 1. The topological polar surface area (TPSA) is 93.1 Å². The van der Waals surface area contributed by atoms with E-state index in [1.54, 1.807) is 6.92 Å². The van der Waals surface area contributed by atoms with Gasteiger partial charge < -0.3 is 14.6 Å². The van der Waals surface area contributed by atoms with Crippen LogP contribution in [0.5, 0.6) is 11.5 Å². The van der Waals surface area contributed by atoms with Gasteiger partial charge in [-0.05, 0) is 66.4 Å². The predicted molar refractivity (Wildman–Crippen MR) is 135 cm³/mol. The van der Waals surface area contributed by atoms with E-state index >= 15 is 0 Å². The summed E-state index contributed by atoms with van der Waals surface area (Å²) >= 11 is 0. The highest BCUT2D eigenvalue weighted by atomic mass is 32.2. The van der Waals surface area contributed by atoms with Crippen molar-refractivity contribution >= 4 is 21.7 Å². The average Bonchev–Trinajstić information content (AvgIpc) is 2.89. The lowest BCUT2D eigenvalue weighted by Gasteiger charge is -2.36. The van der Waals surface area contributed by atoms with Gasteiger partial charge in [0.1, 0.15) is 23.4 Å². The van der Waals surface area contributed by atoms with Crippen LogP contribution >= 0.6 is 0 Å². The molecule has 14 heteroatoms. The first-order valence-electron chi connectivity index (χ1n) is 12.2. The highest BCUT2D eigenvalue weighted by Crippen LogP contribution is 2.42. The molecule has 0 amide bonds. The molecule has 0 saturated heterocycles. The number of alkyl halides is 5. The molecule has 0 radical (unpaired) electrons. The number of carbonyl (C=O) groups is 1. The van der Waals surface area contributed by atoms with Gasteiger partial charge in [0.25, 0.3) is 10.0 Å². The number of sulfonamides is 1. The Labute approximate surface area is 231 Å². The second-order valence-corrected chi connectivity index (χ2v) is 11.1. The first kappa shape index (κ1) is 30.0. The lowest BCUT2D eigenvalue weighted by Crippen LogP contribution is -2.44. The predicted octanol–water partition coefficient (Wildman–Crippen LogP) is 6.57. The smallest absolute Gasteiger partial charge is 0.416 e. The largest absolute Gasteiger partial charge is 0.486 e. The number of hydrogen-bond donors (Lipinski definition) is 1. The maximum Gasteiger partial charge on any atom is 0.416 e. The summed E-state index contributed by atoms with van der Waals surface area (Å²) in [4.78, 5) is 10.9. The second-order valence-electron chi connectivity index (χ2n) is 9.22. The van der Waals surface area contributed by atoms with E-state index < -0.39 is 69.4 Å². The number of ether oxygens (including phenoxy) is 2. The first-order chi connectivity index (χ1) is 19.2. The Hall–Kier alpha value is -3.94. The van der Waals surface area contributed by atoms with Crippen LogP contribution in [-0.4, -0.2) is 38.8 Å². The van der Waals surface area contributed by atoms with Crippen LogP contribution in [0.4, 0.5) is 32.0 Å². The molecule has 4 rings (SSSR count). The first-order valence-corrected chi connectivity index (χ1v) is 13.6. The maximum absolute atomic E-state index is 14.2. The van der Waals surface area contributed by atoms with Gasteiger partial charge in [-0.2, -0.15) is 22.0 Å². The van der Waals surface area contributed by atoms with Crippen LogP contribution in [0.3, 0.4) is 0 Å². The summed E-state index contributed by atoms with van der Waals surface area (Å²) in [6, 6.07) is 9.95. The average molecular weight is 604 g/mol. The fourth-order valence-corrected chi connectivity index (χ4v) is 6.01. The highest BCUT2D eigenvalue weighted by molar-refractivity contribution is 7.92.